The van der Waals surface area contributed by atoms with Gasteiger partial charge in [0.15, 0.2) is 0 Å². The van der Waals surface area contributed by atoms with E-state index in [9.17, 15) is 0 Å². The Kier molecular flexibility index (Phi) is 6.66. The van der Waals surface area contributed by atoms with Crippen molar-refractivity contribution in [1.82, 2.24) is 4.57 Å². The summed E-state index contributed by atoms with van der Waals surface area (Å²) in [5.74, 6) is 0. The summed E-state index contributed by atoms with van der Waals surface area (Å²) >= 11 is 0. The lowest BCUT2D eigenvalue weighted by molar-refractivity contribution is 1.17. The molecule has 0 unspecified atom stereocenters. The highest BCUT2D eigenvalue weighted by molar-refractivity contribution is 6.19. The molecule has 0 atom stereocenters. The van der Waals surface area contributed by atoms with Gasteiger partial charge < -0.3 is 9.47 Å². The molecule has 0 saturated carbocycles. The van der Waals surface area contributed by atoms with E-state index in [4.69, 9.17) is 0 Å². The third kappa shape index (κ3) is 4.57. The molecule has 0 spiro atoms. The van der Waals surface area contributed by atoms with Gasteiger partial charge in [0.25, 0.3) is 0 Å². The highest BCUT2D eigenvalue weighted by Crippen LogP contribution is 2.51. The topological polar surface area (TPSA) is 8.17 Å². The van der Waals surface area contributed by atoms with Crippen LogP contribution in [0.5, 0.6) is 0 Å². The van der Waals surface area contributed by atoms with Crippen LogP contribution >= 0.6 is 0 Å². The van der Waals surface area contributed by atoms with Crippen molar-refractivity contribution in [2.45, 2.75) is 0 Å². The van der Waals surface area contributed by atoms with Gasteiger partial charge in [0.1, 0.15) is 0 Å². The maximum absolute atomic E-state index is 2.45. The first kappa shape index (κ1) is 31.0. The Balaban J connectivity index is 1.05. The van der Waals surface area contributed by atoms with E-state index in [0.717, 1.165) is 22.7 Å². The average molecular weight is 711 g/mol. The zero-order chi connectivity index (χ0) is 36.7. The Morgan fingerprint density at radius 3 is 1.66 bits per heavy atom. The Hall–Kier alpha value is -7.42. The Labute approximate surface area is 324 Å². The molecule has 2 nitrogen and oxygen atoms in total. The molecular formula is C54H34N2. The van der Waals surface area contributed by atoms with Crippen LogP contribution in [0.15, 0.2) is 206 Å². The second-order valence-corrected chi connectivity index (χ2v) is 14.9. The molecule has 260 valence electrons. The van der Waals surface area contributed by atoms with Crippen molar-refractivity contribution in [2.24, 2.45) is 0 Å². The fraction of sp³-hybridized carbons (Fsp3) is 0. The van der Waals surface area contributed by atoms with Crippen LogP contribution in [-0.2, 0) is 0 Å². The number of para-hydroxylation sites is 2. The number of rotatable bonds is 5. The maximum Gasteiger partial charge on any atom is 0.0541 e. The second kappa shape index (κ2) is 12.0. The predicted octanol–water partition coefficient (Wildman–Crippen LogP) is 15.0. The number of nitrogens with zero attached hydrogens (tertiary/aromatic N) is 2. The normalized spacial score (nSPS) is 11.9. The highest BCUT2D eigenvalue weighted by Gasteiger charge is 2.25. The summed E-state index contributed by atoms with van der Waals surface area (Å²) in [7, 11) is 0. The van der Waals surface area contributed by atoms with Gasteiger partial charge in [-0.05, 0) is 115 Å². The van der Waals surface area contributed by atoms with E-state index in [0.29, 0.717) is 0 Å². The van der Waals surface area contributed by atoms with Crippen LogP contribution in [0.2, 0.25) is 0 Å². The van der Waals surface area contributed by atoms with Crippen molar-refractivity contribution in [3.05, 3.63) is 206 Å². The molecule has 56 heavy (non-hydrogen) atoms. The molecule has 2 heteroatoms. The number of benzene rings is 10. The molecule has 0 amide bonds. The van der Waals surface area contributed by atoms with Gasteiger partial charge >= 0.3 is 0 Å². The fourth-order valence-electron chi connectivity index (χ4n) is 9.37. The quantitative estimate of drug-likeness (QED) is 0.161. The molecule has 1 aliphatic carbocycles. The number of fused-ring (bicyclic) bond motifs is 9. The molecule has 10 aromatic carbocycles. The minimum atomic E-state index is 1.10. The Bertz CT molecular complexity index is 3290. The Morgan fingerprint density at radius 1 is 0.321 bits per heavy atom. The van der Waals surface area contributed by atoms with Crippen LogP contribution in [0.3, 0.4) is 0 Å². The summed E-state index contributed by atoms with van der Waals surface area (Å²) in [6.07, 6.45) is 0. The molecule has 0 bridgehead atoms. The monoisotopic (exact) mass is 710 g/mol. The Morgan fingerprint density at radius 2 is 0.893 bits per heavy atom. The van der Waals surface area contributed by atoms with Gasteiger partial charge in [-0.1, -0.05) is 152 Å². The minimum absolute atomic E-state index is 1.10. The van der Waals surface area contributed by atoms with Gasteiger partial charge in [-0.3, -0.25) is 0 Å². The molecule has 1 heterocycles. The van der Waals surface area contributed by atoms with Crippen LogP contribution in [0.25, 0.3) is 93.2 Å². The average Bonchev–Trinajstić information content (AvgIpc) is 3.78. The van der Waals surface area contributed by atoms with E-state index in [1.54, 1.807) is 0 Å². The van der Waals surface area contributed by atoms with Crippen molar-refractivity contribution in [2.75, 3.05) is 4.90 Å². The first-order chi connectivity index (χ1) is 27.8. The van der Waals surface area contributed by atoms with E-state index >= 15 is 0 Å². The maximum atomic E-state index is 2.45. The summed E-state index contributed by atoms with van der Waals surface area (Å²) in [6.45, 7) is 0. The number of anilines is 3. The van der Waals surface area contributed by atoms with Gasteiger partial charge in [0, 0.05) is 33.2 Å². The van der Waals surface area contributed by atoms with Crippen LogP contribution in [0.1, 0.15) is 0 Å². The molecule has 12 rings (SSSR count). The first-order valence-corrected chi connectivity index (χ1v) is 19.3. The van der Waals surface area contributed by atoms with E-state index in [1.807, 2.05) is 0 Å². The summed E-state index contributed by atoms with van der Waals surface area (Å²) in [5, 5.41) is 10.2. The van der Waals surface area contributed by atoms with E-state index < -0.39 is 0 Å². The van der Waals surface area contributed by atoms with Crippen molar-refractivity contribution in [3.8, 4) is 39.1 Å². The molecule has 0 aliphatic heterocycles. The second-order valence-electron chi connectivity index (χ2n) is 14.9. The SMILES string of the molecule is c1cc(N(c2ccc(-c3ccc4ccc5ccccc5c4c3)cc2)c2ccc3c4c(cccc24)-c2ccccc2-3)cc(-n2c3ccccc3c3ccccc32)c1. The highest BCUT2D eigenvalue weighted by atomic mass is 15.1. The zero-order valence-corrected chi connectivity index (χ0v) is 30.5. The lowest BCUT2D eigenvalue weighted by atomic mass is 9.97. The molecule has 0 N–H and O–H groups in total. The third-order valence-corrected chi connectivity index (χ3v) is 11.9. The number of hydrogen-bond donors (Lipinski definition) is 0. The summed E-state index contributed by atoms with van der Waals surface area (Å²) < 4.78 is 2.41. The van der Waals surface area contributed by atoms with Gasteiger partial charge in [-0.25, -0.2) is 0 Å². The van der Waals surface area contributed by atoms with E-state index in [-0.39, 0.29) is 0 Å². The molecule has 1 aliphatic rings. The molecular weight excluding hydrogens is 677 g/mol. The van der Waals surface area contributed by atoms with Crippen LogP contribution in [-0.4, -0.2) is 4.57 Å². The molecule has 0 saturated heterocycles. The lowest BCUT2D eigenvalue weighted by Crippen LogP contribution is -2.11. The van der Waals surface area contributed by atoms with Gasteiger partial charge in [0.05, 0.1) is 16.7 Å². The van der Waals surface area contributed by atoms with E-state index in [2.05, 4.69) is 216 Å². The molecule has 11 aromatic rings. The van der Waals surface area contributed by atoms with Crippen molar-refractivity contribution >= 4 is 71.2 Å². The van der Waals surface area contributed by atoms with E-state index in [1.165, 1.54) is 87.5 Å². The van der Waals surface area contributed by atoms with Gasteiger partial charge in [-0.15, -0.1) is 0 Å². The van der Waals surface area contributed by atoms with Crippen molar-refractivity contribution in [1.29, 1.82) is 0 Å². The molecule has 0 radical (unpaired) electrons. The predicted molar refractivity (Wildman–Crippen MR) is 238 cm³/mol. The standard InChI is InChI=1S/C54H34N2/c1-2-14-42-36(11-1)23-24-37-25-26-38(33-50(37)42)35-27-29-39(30-28-35)55(53-32-31-48-44-16-4-3-15-43(44)47-19-10-20-49(53)54(47)48)40-12-9-13-41(34-40)56-51-21-7-5-17-45(51)46-18-6-8-22-52(46)56/h1-34H. The summed E-state index contributed by atoms with van der Waals surface area (Å²) in [4.78, 5) is 2.45. The first-order valence-electron chi connectivity index (χ1n) is 19.3. The van der Waals surface area contributed by atoms with Crippen molar-refractivity contribution < 1.29 is 0 Å². The number of hydrogen-bond acceptors (Lipinski definition) is 1. The minimum Gasteiger partial charge on any atom is -0.310 e. The largest absolute Gasteiger partial charge is 0.310 e. The number of aromatic nitrogens is 1. The van der Waals surface area contributed by atoms with Gasteiger partial charge in [0.2, 0.25) is 0 Å². The molecule has 1 aromatic heterocycles. The lowest BCUT2D eigenvalue weighted by Gasteiger charge is -2.28. The van der Waals surface area contributed by atoms with Crippen LogP contribution in [0.4, 0.5) is 17.1 Å². The summed E-state index contributed by atoms with van der Waals surface area (Å²) in [5.41, 5.74) is 14.5. The van der Waals surface area contributed by atoms with Crippen LogP contribution < -0.4 is 4.90 Å². The zero-order valence-electron chi connectivity index (χ0n) is 30.5. The van der Waals surface area contributed by atoms with Crippen LogP contribution in [0, 0.1) is 0 Å². The smallest absolute Gasteiger partial charge is 0.0541 e. The van der Waals surface area contributed by atoms with Gasteiger partial charge in [-0.2, -0.15) is 0 Å². The van der Waals surface area contributed by atoms with Crippen molar-refractivity contribution in [3.63, 3.8) is 0 Å². The summed E-state index contributed by atoms with van der Waals surface area (Å²) in [6, 6.07) is 75.8. The molecule has 0 fully saturated rings. The third-order valence-electron chi connectivity index (χ3n) is 11.9. The fourth-order valence-corrected chi connectivity index (χ4v) is 9.37.